The van der Waals surface area contributed by atoms with Gasteiger partial charge in [0.15, 0.2) is 5.82 Å². The maximum absolute atomic E-state index is 11.8. The number of fused-ring (bicyclic) bond motifs is 1. The Morgan fingerprint density at radius 1 is 1.40 bits per heavy atom. The first kappa shape index (κ1) is 12.8. The predicted molar refractivity (Wildman–Crippen MR) is 71.9 cm³/mol. The summed E-state index contributed by atoms with van der Waals surface area (Å²) in [6.07, 6.45) is 1.40. The van der Waals surface area contributed by atoms with Crippen LogP contribution in [0.3, 0.4) is 0 Å². The van der Waals surface area contributed by atoms with Gasteiger partial charge in [-0.1, -0.05) is 30.3 Å². The Morgan fingerprint density at radius 2 is 2.15 bits per heavy atom. The van der Waals surface area contributed by atoms with E-state index in [-0.39, 0.29) is 12.0 Å². The second-order valence-corrected chi connectivity index (χ2v) is 4.81. The van der Waals surface area contributed by atoms with Gasteiger partial charge in [0, 0.05) is 6.42 Å². The van der Waals surface area contributed by atoms with Crippen LogP contribution < -0.4 is 5.73 Å². The third-order valence-corrected chi connectivity index (χ3v) is 3.66. The Balaban J connectivity index is 1.99. The largest absolute Gasteiger partial charge is 0.467 e. The molecule has 0 radical (unpaired) electrons. The van der Waals surface area contributed by atoms with Crippen LogP contribution >= 0.6 is 0 Å². The molecule has 0 spiro atoms. The molecule has 6 nitrogen and oxygen atoms in total. The molecule has 1 aliphatic rings. The number of aryl methyl sites for hydroxylation is 1. The number of nitrogens with zero attached hydrogens (tertiary/aromatic N) is 3. The zero-order valence-electron chi connectivity index (χ0n) is 11.2. The molecular weight excluding hydrogens is 256 g/mol. The Hall–Kier alpha value is -2.21. The molecule has 20 heavy (non-hydrogen) atoms. The standard InChI is InChI=1S/C14H16N4O2/c1-20-14(19)10-7-8-11-16-17-13(18(10)11)12(15)9-5-3-2-4-6-9/h2-6,10,12H,7-8,15H2,1H3. The first-order chi connectivity index (χ1) is 9.72. The number of ether oxygens (including phenoxy) is 1. The number of methoxy groups -OCH3 is 1. The quantitative estimate of drug-likeness (QED) is 0.842. The number of aromatic nitrogens is 3. The first-order valence-corrected chi connectivity index (χ1v) is 6.54. The lowest BCUT2D eigenvalue weighted by atomic mass is 10.1. The maximum atomic E-state index is 11.8. The van der Waals surface area contributed by atoms with E-state index in [9.17, 15) is 4.79 Å². The van der Waals surface area contributed by atoms with Crippen molar-refractivity contribution >= 4 is 5.97 Å². The Morgan fingerprint density at radius 3 is 2.85 bits per heavy atom. The number of nitrogens with two attached hydrogens (primary N) is 1. The second kappa shape index (κ2) is 5.05. The van der Waals surface area contributed by atoms with Gasteiger partial charge in [0.25, 0.3) is 0 Å². The van der Waals surface area contributed by atoms with Crippen LogP contribution in [-0.2, 0) is 16.0 Å². The van der Waals surface area contributed by atoms with Crippen molar-refractivity contribution < 1.29 is 9.53 Å². The minimum Gasteiger partial charge on any atom is -0.467 e. The fourth-order valence-electron chi connectivity index (χ4n) is 2.62. The molecule has 2 aromatic rings. The molecule has 0 saturated heterocycles. The highest BCUT2D eigenvalue weighted by Gasteiger charge is 2.34. The topological polar surface area (TPSA) is 83.0 Å². The summed E-state index contributed by atoms with van der Waals surface area (Å²) in [7, 11) is 1.39. The van der Waals surface area contributed by atoms with Crippen molar-refractivity contribution in [1.82, 2.24) is 14.8 Å². The molecule has 104 valence electrons. The van der Waals surface area contributed by atoms with E-state index < -0.39 is 6.04 Å². The summed E-state index contributed by atoms with van der Waals surface area (Å²) in [6, 6.07) is 8.89. The van der Waals surface area contributed by atoms with Crippen LogP contribution in [0, 0.1) is 0 Å². The summed E-state index contributed by atoms with van der Waals surface area (Å²) in [5, 5.41) is 8.30. The molecule has 0 fully saturated rings. The van der Waals surface area contributed by atoms with Gasteiger partial charge in [0.1, 0.15) is 11.9 Å². The Bertz CT molecular complexity index is 623. The molecule has 0 bridgehead atoms. The van der Waals surface area contributed by atoms with Crippen molar-refractivity contribution in [3.63, 3.8) is 0 Å². The van der Waals surface area contributed by atoms with Crippen molar-refractivity contribution in [2.45, 2.75) is 24.9 Å². The van der Waals surface area contributed by atoms with Gasteiger partial charge in [-0.2, -0.15) is 0 Å². The average molecular weight is 272 g/mol. The van der Waals surface area contributed by atoms with Gasteiger partial charge in [-0.15, -0.1) is 10.2 Å². The minimum absolute atomic E-state index is 0.273. The van der Waals surface area contributed by atoms with Crippen LogP contribution in [0.4, 0.5) is 0 Å². The minimum atomic E-state index is -0.400. The van der Waals surface area contributed by atoms with Gasteiger partial charge in [-0.25, -0.2) is 4.79 Å². The lowest BCUT2D eigenvalue weighted by Crippen LogP contribution is -2.24. The summed E-state index contributed by atoms with van der Waals surface area (Å²) >= 11 is 0. The zero-order chi connectivity index (χ0) is 14.1. The smallest absolute Gasteiger partial charge is 0.328 e. The van der Waals surface area contributed by atoms with Gasteiger partial charge in [-0.05, 0) is 12.0 Å². The van der Waals surface area contributed by atoms with Crippen LogP contribution in [0.5, 0.6) is 0 Å². The molecule has 2 heterocycles. The lowest BCUT2D eigenvalue weighted by molar-refractivity contribution is -0.144. The third-order valence-electron chi connectivity index (χ3n) is 3.66. The van der Waals surface area contributed by atoms with Crippen molar-refractivity contribution in [3.8, 4) is 0 Å². The third kappa shape index (κ3) is 1.98. The summed E-state index contributed by atoms with van der Waals surface area (Å²) in [4.78, 5) is 11.8. The average Bonchev–Trinajstić information content (AvgIpc) is 3.08. The van der Waals surface area contributed by atoms with Gasteiger partial charge in [0.2, 0.25) is 0 Å². The molecule has 3 rings (SSSR count). The summed E-state index contributed by atoms with van der Waals surface area (Å²) < 4.78 is 6.67. The molecule has 1 aliphatic heterocycles. The zero-order valence-corrected chi connectivity index (χ0v) is 11.2. The van der Waals surface area contributed by atoms with E-state index in [4.69, 9.17) is 10.5 Å². The fraction of sp³-hybridized carbons (Fsp3) is 0.357. The summed E-state index contributed by atoms with van der Waals surface area (Å²) in [6.45, 7) is 0. The maximum Gasteiger partial charge on any atom is 0.328 e. The van der Waals surface area contributed by atoms with Crippen LogP contribution in [0.1, 0.15) is 35.7 Å². The summed E-state index contributed by atoms with van der Waals surface area (Å²) in [5.41, 5.74) is 7.20. The summed E-state index contributed by atoms with van der Waals surface area (Å²) in [5.74, 6) is 1.13. The fourth-order valence-corrected chi connectivity index (χ4v) is 2.62. The van der Waals surface area contributed by atoms with E-state index in [1.54, 1.807) is 0 Å². The number of hydrogen-bond donors (Lipinski definition) is 1. The molecule has 2 unspecified atom stereocenters. The number of rotatable bonds is 3. The van der Waals surface area contributed by atoms with E-state index in [0.29, 0.717) is 18.7 Å². The lowest BCUT2D eigenvalue weighted by Gasteiger charge is -2.16. The number of esters is 1. The van der Waals surface area contributed by atoms with Crippen molar-refractivity contribution in [1.29, 1.82) is 0 Å². The van der Waals surface area contributed by atoms with Crippen LogP contribution in [0.25, 0.3) is 0 Å². The van der Waals surface area contributed by atoms with Crippen molar-refractivity contribution in [3.05, 3.63) is 47.5 Å². The molecule has 1 aromatic heterocycles. The van der Waals surface area contributed by atoms with Crippen molar-refractivity contribution in [2.75, 3.05) is 7.11 Å². The van der Waals surface area contributed by atoms with Crippen LogP contribution in [0.2, 0.25) is 0 Å². The molecule has 2 N–H and O–H groups in total. The van der Waals surface area contributed by atoms with E-state index in [2.05, 4.69) is 10.2 Å². The number of hydrogen-bond acceptors (Lipinski definition) is 5. The van der Waals surface area contributed by atoms with E-state index >= 15 is 0 Å². The Kier molecular flexibility index (Phi) is 3.23. The monoisotopic (exact) mass is 272 g/mol. The molecule has 1 aromatic carbocycles. The van der Waals surface area contributed by atoms with Gasteiger partial charge in [0.05, 0.1) is 13.2 Å². The highest BCUT2D eigenvalue weighted by Crippen LogP contribution is 2.30. The number of carbonyl (C=O) groups is 1. The van der Waals surface area contributed by atoms with Crippen LogP contribution in [-0.4, -0.2) is 27.8 Å². The molecule has 0 saturated carbocycles. The van der Waals surface area contributed by atoms with E-state index in [1.807, 2.05) is 34.9 Å². The second-order valence-electron chi connectivity index (χ2n) is 4.81. The van der Waals surface area contributed by atoms with Gasteiger partial charge < -0.3 is 10.5 Å². The molecular formula is C14H16N4O2. The molecule has 0 amide bonds. The highest BCUT2D eigenvalue weighted by atomic mass is 16.5. The van der Waals surface area contributed by atoms with Gasteiger partial charge in [-0.3, -0.25) is 4.57 Å². The highest BCUT2D eigenvalue weighted by molar-refractivity contribution is 5.74. The molecule has 2 atom stereocenters. The predicted octanol–water partition coefficient (Wildman–Crippen LogP) is 0.986. The van der Waals surface area contributed by atoms with E-state index in [0.717, 1.165) is 11.4 Å². The van der Waals surface area contributed by atoms with Crippen LogP contribution in [0.15, 0.2) is 30.3 Å². The SMILES string of the molecule is COC(=O)C1CCc2nnc(C(N)c3ccccc3)n21. The number of benzene rings is 1. The first-order valence-electron chi connectivity index (χ1n) is 6.54. The van der Waals surface area contributed by atoms with Gasteiger partial charge >= 0.3 is 5.97 Å². The van der Waals surface area contributed by atoms with E-state index in [1.165, 1.54) is 7.11 Å². The van der Waals surface area contributed by atoms with Crippen molar-refractivity contribution in [2.24, 2.45) is 5.73 Å². The Labute approximate surface area is 116 Å². The molecule has 0 aliphatic carbocycles. The number of carbonyl (C=O) groups excluding carboxylic acids is 1. The normalized spacial score (nSPS) is 18.6. The molecule has 6 heteroatoms.